The van der Waals surface area contributed by atoms with E-state index in [4.69, 9.17) is 4.74 Å². The fourth-order valence-corrected chi connectivity index (χ4v) is 2.84. The SMILES string of the molecule is CCOc1ccccc1C(=O)C1CCCC(C)C1. The number of benzene rings is 1. The van der Waals surface area contributed by atoms with Crippen molar-refractivity contribution < 1.29 is 9.53 Å². The predicted molar refractivity (Wildman–Crippen MR) is 73.1 cm³/mol. The van der Waals surface area contributed by atoms with E-state index in [1.807, 2.05) is 31.2 Å². The Morgan fingerprint density at radius 2 is 2.11 bits per heavy atom. The average Bonchev–Trinajstić information content (AvgIpc) is 2.39. The van der Waals surface area contributed by atoms with Gasteiger partial charge in [-0.2, -0.15) is 0 Å². The zero-order valence-electron chi connectivity index (χ0n) is 11.3. The lowest BCUT2D eigenvalue weighted by atomic mass is 9.78. The van der Waals surface area contributed by atoms with Gasteiger partial charge in [0.1, 0.15) is 5.75 Å². The van der Waals surface area contributed by atoms with Gasteiger partial charge in [0.15, 0.2) is 5.78 Å². The molecule has 0 heterocycles. The summed E-state index contributed by atoms with van der Waals surface area (Å²) in [6.07, 6.45) is 4.49. The highest BCUT2D eigenvalue weighted by molar-refractivity contribution is 6.00. The minimum Gasteiger partial charge on any atom is -0.493 e. The van der Waals surface area contributed by atoms with Crippen molar-refractivity contribution in [3.8, 4) is 5.75 Å². The highest BCUT2D eigenvalue weighted by atomic mass is 16.5. The van der Waals surface area contributed by atoms with Crippen LogP contribution in [-0.2, 0) is 0 Å². The molecule has 2 atom stereocenters. The number of rotatable bonds is 4. The summed E-state index contributed by atoms with van der Waals surface area (Å²) in [6, 6.07) is 7.63. The maximum atomic E-state index is 12.6. The lowest BCUT2D eigenvalue weighted by Crippen LogP contribution is -2.22. The van der Waals surface area contributed by atoms with Gasteiger partial charge in [0, 0.05) is 5.92 Å². The molecule has 0 spiro atoms. The maximum absolute atomic E-state index is 12.6. The van der Waals surface area contributed by atoms with Crippen molar-refractivity contribution in [3.63, 3.8) is 0 Å². The molecule has 1 aliphatic carbocycles. The molecule has 0 bridgehead atoms. The average molecular weight is 246 g/mol. The zero-order valence-corrected chi connectivity index (χ0v) is 11.3. The number of ketones is 1. The molecule has 1 fully saturated rings. The van der Waals surface area contributed by atoms with Gasteiger partial charge in [0.25, 0.3) is 0 Å². The van der Waals surface area contributed by atoms with Crippen LogP contribution < -0.4 is 4.74 Å². The molecular formula is C16H22O2. The first-order valence-electron chi connectivity index (χ1n) is 6.98. The van der Waals surface area contributed by atoms with E-state index in [1.54, 1.807) is 0 Å². The number of hydrogen-bond donors (Lipinski definition) is 0. The smallest absolute Gasteiger partial charge is 0.169 e. The topological polar surface area (TPSA) is 26.3 Å². The summed E-state index contributed by atoms with van der Waals surface area (Å²) in [5, 5.41) is 0. The molecule has 0 N–H and O–H groups in total. The molecule has 0 aliphatic heterocycles. The van der Waals surface area contributed by atoms with E-state index in [1.165, 1.54) is 12.8 Å². The highest BCUT2D eigenvalue weighted by Gasteiger charge is 2.27. The van der Waals surface area contributed by atoms with Crippen molar-refractivity contribution >= 4 is 5.78 Å². The fraction of sp³-hybridized carbons (Fsp3) is 0.562. The molecule has 0 radical (unpaired) electrons. The van der Waals surface area contributed by atoms with E-state index in [-0.39, 0.29) is 11.7 Å². The molecule has 1 aliphatic rings. The molecule has 98 valence electrons. The van der Waals surface area contributed by atoms with Gasteiger partial charge in [-0.25, -0.2) is 0 Å². The summed E-state index contributed by atoms with van der Waals surface area (Å²) in [5.74, 6) is 1.87. The standard InChI is InChI=1S/C16H22O2/c1-3-18-15-10-5-4-9-14(15)16(17)13-8-6-7-12(2)11-13/h4-5,9-10,12-13H,3,6-8,11H2,1-2H3. The third kappa shape index (κ3) is 2.92. The third-order valence-corrected chi connectivity index (χ3v) is 3.76. The lowest BCUT2D eigenvalue weighted by molar-refractivity contribution is 0.0864. The van der Waals surface area contributed by atoms with E-state index < -0.39 is 0 Å². The molecule has 2 rings (SSSR count). The molecule has 0 saturated heterocycles. The molecule has 0 amide bonds. The van der Waals surface area contributed by atoms with Crippen molar-refractivity contribution in [2.45, 2.75) is 39.5 Å². The normalized spacial score (nSPS) is 23.7. The highest BCUT2D eigenvalue weighted by Crippen LogP contribution is 2.33. The fourth-order valence-electron chi connectivity index (χ4n) is 2.84. The molecule has 18 heavy (non-hydrogen) atoms. The van der Waals surface area contributed by atoms with Crippen LogP contribution in [-0.4, -0.2) is 12.4 Å². The van der Waals surface area contributed by atoms with Gasteiger partial charge in [-0.1, -0.05) is 31.9 Å². The second-order valence-corrected chi connectivity index (χ2v) is 5.26. The molecular weight excluding hydrogens is 224 g/mol. The number of carbonyl (C=O) groups excluding carboxylic acids is 1. The van der Waals surface area contributed by atoms with Gasteiger partial charge in [-0.05, 0) is 37.8 Å². The van der Waals surface area contributed by atoms with Crippen LogP contribution in [0.2, 0.25) is 0 Å². The predicted octanol–water partition coefficient (Wildman–Crippen LogP) is 4.09. The van der Waals surface area contributed by atoms with Crippen LogP contribution in [0, 0.1) is 11.8 Å². The first-order chi connectivity index (χ1) is 8.72. The first kappa shape index (κ1) is 13.1. The summed E-state index contributed by atoms with van der Waals surface area (Å²) in [6.45, 7) is 4.79. The van der Waals surface area contributed by atoms with Gasteiger partial charge >= 0.3 is 0 Å². The number of para-hydroxylation sites is 1. The number of ether oxygens (including phenoxy) is 1. The van der Waals surface area contributed by atoms with Crippen LogP contribution >= 0.6 is 0 Å². The van der Waals surface area contributed by atoms with Crippen LogP contribution in [0.5, 0.6) is 5.75 Å². The molecule has 2 nitrogen and oxygen atoms in total. The zero-order chi connectivity index (χ0) is 13.0. The van der Waals surface area contributed by atoms with E-state index >= 15 is 0 Å². The van der Waals surface area contributed by atoms with Crippen LogP contribution in [0.3, 0.4) is 0 Å². The molecule has 2 unspecified atom stereocenters. The Kier molecular flexibility index (Phi) is 4.40. The van der Waals surface area contributed by atoms with E-state index in [0.717, 1.165) is 24.2 Å². The number of hydrogen-bond acceptors (Lipinski definition) is 2. The van der Waals surface area contributed by atoms with Gasteiger partial charge in [0.05, 0.1) is 12.2 Å². The van der Waals surface area contributed by atoms with Crippen LogP contribution in [0.15, 0.2) is 24.3 Å². The van der Waals surface area contributed by atoms with Crippen LogP contribution in [0.25, 0.3) is 0 Å². The van der Waals surface area contributed by atoms with Crippen LogP contribution in [0.1, 0.15) is 49.9 Å². The van der Waals surface area contributed by atoms with Crippen molar-refractivity contribution in [2.24, 2.45) is 11.8 Å². The van der Waals surface area contributed by atoms with Gasteiger partial charge in [0.2, 0.25) is 0 Å². The molecule has 1 aromatic carbocycles. The summed E-state index contributed by atoms with van der Waals surface area (Å²) in [4.78, 5) is 12.6. The van der Waals surface area contributed by atoms with E-state index in [9.17, 15) is 4.79 Å². The number of Topliss-reactive ketones (excluding diaryl/α,β-unsaturated/α-hetero) is 1. The molecule has 1 saturated carbocycles. The quantitative estimate of drug-likeness (QED) is 0.748. The summed E-state index contributed by atoms with van der Waals surface area (Å²) in [7, 11) is 0. The Morgan fingerprint density at radius 1 is 1.33 bits per heavy atom. The molecule has 1 aromatic rings. The Balaban J connectivity index is 2.17. The number of carbonyl (C=O) groups is 1. The van der Waals surface area contributed by atoms with Crippen molar-refractivity contribution in [1.82, 2.24) is 0 Å². The van der Waals surface area contributed by atoms with E-state index in [2.05, 4.69) is 6.92 Å². The van der Waals surface area contributed by atoms with Crippen molar-refractivity contribution in [1.29, 1.82) is 0 Å². The maximum Gasteiger partial charge on any atom is 0.169 e. The minimum absolute atomic E-state index is 0.190. The van der Waals surface area contributed by atoms with Gasteiger partial charge < -0.3 is 4.74 Å². The van der Waals surface area contributed by atoms with Crippen molar-refractivity contribution in [3.05, 3.63) is 29.8 Å². The summed E-state index contributed by atoms with van der Waals surface area (Å²) < 4.78 is 5.55. The van der Waals surface area contributed by atoms with Gasteiger partial charge in [-0.3, -0.25) is 4.79 Å². The Morgan fingerprint density at radius 3 is 2.83 bits per heavy atom. The van der Waals surface area contributed by atoms with Crippen molar-refractivity contribution in [2.75, 3.05) is 6.61 Å². The largest absolute Gasteiger partial charge is 0.493 e. The lowest BCUT2D eigenvalue weighted by Gasteiger charge is -2.26. The monoisotopic (exact) mass is 246 g/mol. The Bertz CT molecular complexity index is 411. The summed E-state index contributed by atoms with van der Waals surface area (Å²) >= 11 is 0. The molecule has 0 aromatic heterocycles. The van der Waals surface area contributed by atoms with E-state index in [0.29, 0.717) is 12.5 Å². The van der Waals surface area contributed by atoms with Crippen LogP contribution in [0.4, 0.5) is 0 Å². The minimum atomic E-state index is 0.190. The third-order valence-electron chi connectivity index (χ3n) is 3.76. The first-order valence-corrected chi connectivity index (χ1v) is 6.98. The second-order valence-electron chi connectivity index (χ2n) is 5.26. The summed E-state index contributed by atoms with van der Waals surface area (Å²) in [5.41, 5.74) is 0.762. The van der Waals surface area contributed by atoms with Gasteiger partial charge in [-0.15, -0.1) is 0 Å². The second kappa shape index (κ2) is 6.03. The Labute approximate surface area is 109 Å². The Hall–Kier alpha value is -1.31. The molecule has 2 heteroatoms.